The molecule has 2 N–H and O–H groups in total. The van der Waals surface area contributed by atoms with E-state index in [-0.39, 0.29) is 5.04 Å². The van der Waals surface area contributed by atoms with E-state index in [9.17, 15) is 0 Å². The third-order valence-corrected chi connectivity index (χ3v) is 12.0. The van der Waals surface area contributed by atoms with Crippen LogP contribution in [-0.2, 0) is 4.43 Å². The van der Waals surface area contributed by atoms with Gasteiger partial charge in [0.25, 0.3) is 0 Å². The quantitative estimate of drug-likeness (QED) is 0.137. The number of methoxy groups -OCH3 is 2. The molecule has 0 saturated heterocycles. The van der Waals surface area contributed by atoms with Crippen molar-refractivity contribution in [1.82, 2.24) is 15.3 Å². The number of rotatable bonds is 12. The van der Waals surface area contributed by atoms with E-state index in [1.165, 1.54) is 6.21 Å². The Morgan fingerprint density at radius 3 is 2.36 bits per heavy atom. The lowest BCUT2D eigenvalue weighted by Gasteiger charge is -2.36. The van der Waals surface area contributed by atoms with Crippen molar-refractivity contribution in [2.24, 2.45) is 0 Å². The molecule has 8 nitrogen and oxygen atoms in total. The average Bonchev–Trinajstić information content (AvgIpc) is 2.91. The highest BCUT2D eigenvalue weighted by Crippen LogP contribution is 2.37. The Kier molecular flexibility index (Phi) is 9.98. The van der Waals surface area contributed by atoms with Crippen LogP contribution in [0, 0.1) is 5.41 Å². The minimum atomic E-state index is -1.86. The number of benzene rings is 1. The fourth-order valence-electron chi connectivity index (χ4n) is 3.82. The van der Waals surface area contributed by atoms with Gasteiger partial charge in [-0.25, -0.2) is 4.98 Å². The number of ether oxygens (including phenoxy) is 2. The summed E-state index contributed by atoms with van der Waals surface area (Å²) in [5.41, 5.74) is 3.36. The summed E-state index contributed by atoms with van der Waals surface area (Å²) in [4.78, 5) is 11.6. The van der Waals surface area contributed by atoms with Gasteiger partial charge in [-0.05, 0) is 36.7 Å². The van der Waals surface area contributed by atoms with Gasteiger partial charge in [-0.2, -0.15) is 0 Å². The molecule has 2 aromatic heterocycles. The molecule has 2 heterocycles. The smallest absolute Gasteiger partial charge is 0.191 e. The number of nitrogens with zero attached hydrogens (tertiary/aromatic N) is 3. The zero-order valence-electron chi connectivity index (χ0n) is 24.2. The van der Waals surface area contributed by atoms with Gasteiger partial charge in [-0.15, -0.1) is 0 Å². The molecule has 210 valence electrons. The summed E-state index contributed by atoms with van der Waals surface area (Å²) < 4.78 is 17.5. The molecular formula is C29H40ClN5O3Si. The lowest BCUT2D eigenvalue weighted by Crippen LogP contribution is -2.41. The maximum atomic E-state index is 7.80. The molecular weight excluding hydrogens is 530 g/mol. The minimum absolute atomic E-state index is 0.144. The molecule has 0 radical (unpaired) electrons. The minimum Gasteiger partial charge on any atom is -0.497 e. The van der Waals surface area contributed by atoms with E-state index in [0.717, 1.165) is 12.1 Å². The molecule has 0 amide bonds. The standard InChI is InChI=1S/C29H40ClN5O3Si/c1-29(2,3)39(7,8)38-13-9-12-35(21-14-22(36-5)16-23(15-21)37-6)26-11-10-25-28(34-26)27(30)24(19-33-25)20(17-31)18-32-4/h10-11,14-19,31-32H,9,12-13H2,1-8H3/b20-18+,31-17?. The van der Waals surface area contributed by atoms with Crippen molar-refractivity contribution in [1.29, 1.82) is 5.41 Å². The highest BCUT2D eigenvalue weighted by molar-refractivity contribution is 6.74. The van der Waals surface area contributed by atoms with Gasteiger partial charge in [0, 0.05) is 73.8 Å². The van der Waals surface area contributed by atoms with Crippen LogP contribution in [0.2, 0.25) is 23.2 Å². The first-order valence-corrected chi connectivity index (χ1v) is 16.2. The fourth-order valence-corrected chi connectivity index (χ4v) is 5.21. The van der Waals surface area contributed by atoms with Gasteiger partial charge in [0.05, 0.1) is 24.8 Å². The van der Waals surface area contributed by atoms with Crippen LogP contribution < -0.4 is 19.7 Å². The van der Waals surface area contributed by atoms with E-state index in [2.05, 4.69) is 49.1 Å². The van der Waals surface area contributed by atoms with E-state index in [1.54, 1.807) is 33.7 Å². The Morgan fingerprint density at radius 1 is 1.13 bits per heavy atom. The summed E-state index contributed by atoms with van der Waals surface area (Å²) in [6.45, 7) is 12.6. The van der Waals surface area contributed by atoms with Gasteiger partial charge >= 0.3 is 0 Å². The number of anilines is 2. The second kappa shape index (κ2) is 12.8. The number of allylic oxidation sites excluding steroid dienone is 1. The second-order valence-electron chi connectivity index (χ2n) is 10.7. The molecule has 0 atom stereocenters. The van der Waals surface area contributed by atoms with Crippen molar-refractivity contribution in [3.05, 3.63) is 53.3 Å². The van der Waals surface area contributed by atoms with Crippen molar-refractivity contribution in [2.45, 2.75) is 45.3 Å². The van der Waals surface area contributed by atoms with Crippen molar-refractivity contribution in [3.63, 3.8) is 0 Å². The van der Waals surface area contributed by atoms with Crippen LogP contribution in [0.25, 0.3) is 16.6 Å². The van der Waals surface area contributed by atoms with Gasteiger partial charge in [-0.3, -0.25) is 4.98 Å². The van der Waals surface area contributed by atoms with Crippen molar-refractivity contribution in [2.75, 3.05) is 39.3 Å². The largest absolute Gasteiger partial charge is 0.497 e. The second-order valence-corrected chi connectivity index (χ2v) is 15.9. The first-order chi connectivity index (χ1) is 18.4. The van der Waals surface area contributed by atoms with E-state index in [1.807, 2.05) is 30.3 Å². The Hall–Kier alpha value is -3.14. The highest BCUT2D eigenvalue weighted by Gasteiger charge is 2.36. The van der Waals surface area contributed by atoms with Crippen LogP contribution in [-0.4, -0.2) is 58.9 Å². The molecule has 0 unspecified atom stereocenters. The van der Waals surface area contributed by atoms with Crippen molar-refractivity contribution in [3.8, 4) is 11.5 Å². The van der Waals surface area contributed by atoms with E-state index in [0.29, 0.717) is 57.7 Å². The Balaban J connectivity index is 2.05. The monoisotopic (exact) mass is 569 g/mol. The summed E-state index contributed by atoms with van der Waals surface area (Å²) in [5.74, 6) is 2.07. The number of aromatic nitrogens is 2. The number of fused-ring (bicyclic) bond motifs is 1. The molecule has 3 rings (SSSR count). The number of hydrogen-bond donors (Lipinski definition) is 2. The fraction of sp³-hybridized carbons (Fsp3) is 0.414. The highest BCUT2D eigenvalue weighted by atomic mass is 35.5. The molecule has 39 heavy (non-hydrogen) atoms. The maximum absolute atomic E-state index is 7.80. The van der Waals surface area contributed by atoms with Gasteiger partial charge in [0.2, 0.25) is 0 Å². The number of pyridine rings is 2. The molecule has 0 saturated carbocycles. The summed E-state index contributed by atoms with van der Waals surface area (Å²) in [5, 5.41) is 11.3. The lowest BCUT2D eigenvalue weighted by atomic mass is 10.1. The Labute approximate surface area is 238 Å². The number of hydrogen-bond acceptors (Lipinski definition) is 8. The van der Waals surface area contributed by atoms with E-state index < -0.39 is 8.32 Å². The summed E-state index contributed by atoms with van der Waals surface area (Å²) in [6.07, 6.45) is 5.42. The van der Waals surface area contributed by atoms with Crippen molar-refractivity contribution < 1.29 is 13.9 Å². The first kappa shape index (κ1) is 30.4. The normalized spacial score (nSPS) is 12.4. The predicted octanol–water partition coefficient (Wildman–Crippen LogP) is 7.06. The SMILES string of the molecule is CN/C=C(\C=N)c1cnc2ccc(N(CCCO[Si](C)(C)C(C)(C)C)c3cc(OC)cc(OC)c3)nc2c1Cl. The molecule has 0 aliphatic rings. The number of nitrogens with one attached hydrogen (secondary N) is 2. The molecule has 0 fully saturated rings. The van der Waals surface area contributed by atoms with Gasteiger partial charge in [0.1, 0.15) is 22.8 Å². The Morgan fingerprint density at radius 2 is 1.79 bits per heavy atom. The van der Waals surface area contributed by atoms with Crippen molar-refractivity contribution >= 4 is 54.2 Å². The predicted molar refractivity (Wildman–Crippen MR) is 165 cm³/mol. The molecule has 0 spiro atoms. The van der Waals surface area contributed by atoms with E-state index >= 15 is 0 Å². The molecule has 1 aromatic carbocycles. The van der Waals surface area contributed by atoms with Crippen LogP contribution in [0.5, 0.6) is 11.5 Å². The zero-order chi connectivity index (χ0) is 28.8. The summed E-state index contributed by atoms with van der Waals surface area (Å²) in [6, 6.07) is 9.61. The van der Waals surface area contributed by atoms with Crippen LogP contribution in [0.1, 0.15) is 32.8 Å². The van der Waals surface area contributed by atoms with Crippen LogP contribution in [0.4, 0.5) is 11.5 Å². The molecule has 0 aliphatic heterocycles. The topological polar surface area (TPSA) is 92.6 Å². The Bertz CT molecular complexity index is 1320. The van der Waals surface area contributed by atoms with Gasteiger partial charge in [-0.1, -0.05) is 32.4 Å². The molecule has 3 aromatic rings. The van der Waals surface area contributed by atoms with E-state index in [4.69, 9.17) is 35.9 Å². The summed E-state index contributed by atoms with van der Waals surface area (Å²) >= 11 is 6.84. The molecule has 10 heteroatoms. The van der Waals surface area contributed by atoms with Gasteiger partial charge < -0.3 is 29.5 Å². The first-order valence-electron chi connectivity index (χ1n) is 12.9. The summed E-state index contributed by atoms with van der Waals surface area (Å²) in [7, 11) is 3.18. The third kappa shape index (κ3) is 7.09. The maximum Gasteiger partial charge on any atom is 0.191 e. The third-order valence-electron chi connectivity index (χ3n) is 7.12. The van der Waals surface area contributed by atoms with Crippen LogP contribution in [0.15, 0.2) is 42.7 Å². The average molecular weight is 570 g/mol. The molecule has 0 bridgehead atoms. The van der Waals surface area contributed by atoms with Gasteiger partial charge in [0.15, 0.2) is 8.32 Å². The molecule has 0 aliphatic carbocycles. The lowest BCUT2D eigenvalue weighted by molar-refractivity contribution is 0.284. The van der Waals surface area contributed by atoms with Crippen LogP contribution >= 0.6 is 11.6 Å². The van der Waals surface area contributed by atoms with Crippen LogP contribution in [0.3, 0.4) is 0 Å². The zero-order valence-corrected chi connectivity index (χ0v) is 25.9. The number of halogens is 1.